The monoisotopic (exact) mass is 481 g/mol. The Balaban J connectivity index is 1.35. The van der Waals surface area contributed by atoms with Crippen LogP contribution in [-0.4, -0.2) is 25.6 Å². The maximum atomic E-state index is 12.8. The Labute approximate surface area is 201 Å². The molecule has 7 nitrogen and oxygen atoms in total. The Morgan fingerprint density at radius 1 is 1.18 bits per heavy atom. The van der Waals surface area contributed by atoms with Crippen molar-refractivity contribution in [2.45, 2.75) is 52.4 Å². The number of hydrogen-bond acceptors (Lipinski definition) is 7. The number of methoxy groups -OCH3 is 1. The highest BCUT2D eigenvalue weighted by atomic mass is 32.1. The highest BCUT2D eigenvalue weighted by molar-refractivity contribution is 7.17. The van der Waals surface area contributed by atoms with Gasteiger partial charge in [0.05, 0.1) is 12.7 Å². The lowest BCUT2D eigenvalue weighted by molar-refractivity contribution is -0.118. The third-order valence-corrected chi connectivity index (χ3v) is 8.02. The van der Waals surface area contributed by atoms with Gasteiger partial charge < -0.3 is 19.2 Å². The number of amides is 1. The molecule has 0 aliphatic heterocycles. The van der Waals surface area contributed by atoms with Crippen molar-refractivity contribution >= 4 is 39.2 Å². The zero-order chi connectivity index (χ0) is 24.0. The highest BCUT2D eigenvalue weighted by Crippen LogP contribution is 2.40. The van der Waals surface area contributed by atoms with Gasteiger partial charge in [-0.05, 0) is 74.6 Å². The quantitative estimate of drug-likeness (QED) is 0.423. The van der Waals surface area contributed by atoms with Crippen molar-refractivity contribution in [1.29, 1.82) is 0 Å². The molecular weight excluding hydrogens is 454 g/mol. The zero-order valence-electron chi connectivity index (χ0n) is 19.5. The summed E-state index contributed by atoms with van der Waals surface area (Å²) in [6, 6.07) is 3.71. The van der Waals surface area contributed by atoms with Gasteiger partial charge in [-0.1, -0.05) is 6.92 Å². The third kappa shape index (κ3) is 3.90. The maximum absolute atomic E-state index is 12.8. The molecule has 1 atom stereocenters. The topological polar surface area (TPSA) is 94.8 Å². The highest BCUT2D eigenvalue weighted by Gasteiger charge is 2.29. The van der Waals surface area contributed by atoms with Crippen molar-refractivity contribution in [3.05, 3.63) is 55.2 Å². The standard InChI is InChI=1S/C26H27NO6S/c1-13-7-8-18-20(11-13)34-24(22(18)26(30)31-3)27-21(28)12-32-19-10-9-16-15-5-4-6-17(15)25(29)33-23(16)14(19)2/h9-10,13H,4-8,11-12H2,1-3H3,(H,27,28). The molecule has 34 heavy (non-hydrogen) atoms. The first-order valence-corrected chi connectivity index (χ1v) is 12.4. The van der Waals surface area contributed by atoms with Crippen LogP contribution >= 0.6 is 11.3 Å². The summed E-state index contributed by atoms with van der Waals surface area (Å²) >= 11 is 1.44. The Bertz CT molecular complexity index is 1370. The molecule has 2 aliphatic rings. The molecule has 2 heterocycles. The maximum Gasteiger partial charge on any atom is 0.341 e. The third-order valence-electron chi connectivity index (χ3n) is 6.85. The molecule has 0 radical (unpaired) electrons. The number of ether oxygens (including phenoxy) is 2. The van der Waals surface area contributed by atoms with Crippen LogP contribution in [0.3, 0.4) is 0 Å². The molecule has 0 bridgehead atoms. The molecule has 0 saturated carbocycles. The lowest BCUT2D eigenvalue weighted by Crippen LogP contribution is -2.21. The van der Waals surface area contributed by atoms with Gasteiger partial charge in [0.15, 0.2) is 6.61 Å². The summed E-state index contributed by atoms with van der Waals surface area (Å²) in [5.41, 5.74) is 4.19. The van der Waals surface area contributed by atoms with Gasteiger partial charge in [-0.2, -0.15) is 0 Å². The molecule has 1 amide bonds. The fourth-order valence-corrected chi connectivity index (χ4v) is 6.50. The van der Waals surface area contributed by atoms with E-state index in [2.05, 4.69) is 12.2 Å². The summed E-state index contributed by atoms with van der Waals surface area (Å²) in [6.07, 6.45) is 5.27. The van der Waals surface area contributed by atoms with Gasteiger partial charge in [0.2, 0.25) is 0 Å². The van der Waals surface area contributed by atoms with Crippen molar-refractivity contribution in [2.75, 3.05) is 19.0 Å². The van der Waals surface area contributed by atoms with E-state index in [-0.39, 0.29) is 18.1 Å². The van der Waals surface area contributed by atoms with E-state index in [4.69, 9.17) is 13.9 Å². The molecule has 8 heteroatoms. The predicted molar refractivity (Wildman–Crippen MR) is 130 cm³/mol. The van der Waals surface area contributed by atoms with Crippen LogP contribution in [0.25, 0.3) is 11.0 Å². The minimum atomic E-state index is -0.434. The Morgan fingerprint density at radius 3 is 2.76 bits per heavy atom. The second-order valence-electron chi connectivity index (χ2n) is 9.15. The fourth-order valence-electron chi connectivity index (χ4n) is 5.08. The van der Waals surface area contributed by atoms with E-state index in [0.29, 0.717) is 33.4 Å². The number of rotatable bonds is 5. The van der Waals surface area contributed by atoms with Crippen molar-refractivity contribution < 1.29 is 23.5 Å². The second-order valence-corrected chi connectivity index (χ2v) is 10.3. The Morgan fingerprint density at radius 2 is 1.97 bits per heavy atom. The van der Waals surface area contributed by atoms with Crippen LogP contribution in [0.15, 0.2) is 21.3 Å². The van der Waals surface area contributed by atoms with E-state index < -0.39 is 5.97 Å². The average Bonchev–Trinajstić information content (AvgIpc) is 3.44. The molecule has 1 N–H and O–H groups in total. The van der Waals surface area contributed by atoms with Crippen LogP contribution in [0.1, 0.15) is 57.3 Å². The summed E-state index contributed by atoms with van der Waals surface area (Å²) < 4.78 is 16.4. The van der Waals surface area contributed by atoms with Crippen LogP contribution in [-0.2, 0) is 35.2 Å². The summed E-state index contributed by atoms with van der Waals surface area (Å²) in [6.45, 7) is 3.78. The molecule has 0 spiro atoms. The summed E-state index contributed by atoms with van der Waals surface area (Å²) in [5, 5.41) is 4.29. The number of benzene rings is 1. The van der Waals surface area contributed by atoms with Crippen molar-refractivity contribution in [3.8, 4) is 5.75 Å². The van der Waals surface area contributed by atoms with Crippen molar-refractivity contribution in [3.63, 3.8) is 0 Å². The minimum Gasteiger partial charge on any atom is -0.483 e. The molecule has 1 aromatic carbocycles. The normalized spacial score (nSPS) is 16.7. The number of fused-ring (bicyclic) bond motifs is 4. The van der Waals surface area contributed by atoms with Gasteiger partial charge in [-0.3, -0.25) is 4.79 Å². The van der Waals surface area contributed by atoms with E-state index in [1.807, 2.05) is 19.1 Å². The molecule has 0 saturated heterocycles. The Kier molecular flexibility index (Phi) is 5.93. The van der Waals surface area contributed by atoms with Crippen molar-refractivity contribution in [1.82, 2.24) is 0 Å². The summed E-state index contributed by atoms with van der Waals surface area (Å²) in [7, 11) is 1.35. The number of thiophene rings is 1. The molecule has 3 aromatic rings. The summed E-state index contributed by atoms with van der Waals surface area (Å²) in [4.78, 5) is 38.7. The van der Waals surface area contributed by atoms with Crippen molar-refractivity contribution in [2.24, 2.45) is 5.92 Å². The Hall–Kier alpha value is -3.13. The molecule has 178 valence electrons. The molecule has 5 rings (SSSR count). The number of aryl methyl sites for hydroxylation is 2. The number of hydrogen-bond donors (Lipinski definition) is 1. The summed E-state index contributed by atoms with van der Waals surface area (Å²) in [5.74, 6) is 0.222. The van der Waals surface area contributed by atoms with E-state index in [9.17, 15) is 14.4 Å². The fraction of sp³-hybridized carbons (Fsp3) is 0.423. The second kappa shape index (κ2) is 8.91. The van der Waals surface area contributed by atoms with E-state index >= 15 is 0 Å². The zero-order valence-corrected chi connectivity index (χ0v) is 20.4. The van der Waals surface area contributed by atoms with Gasteiger partial charge in [-0.15, -0.1) is 11.3 Å². The predicted octanol–water partition coefficient (Wildman–Crippen LogP) is 4.58. The molecule has 2 aliphatic carbocycles. The van der Waals surface area contributed by atoms with E-state index in [1.54, 1.807) is 0 Å². The SMILES string of the molecule is COC(=O)c1c(NC(=O)COc2ccc3c4c(c(=O)oc3c2C)CCC4)sc2c1CCC(C)C2. The van der Waals surface area contributed by atoms with Gasteiger partial charge in [0, 0.05) is 21.4 Å². The van der Waals surface area contributed by atoms with E-state index in [1.165, 1.54) is 18.4 Å². The molecule has 0 fully saturated rings. The van der Waals surface area contributed by atoms with Gasteiger partial charge >= 0.3 is 11.6 Å². The van der Waals surface area contributed by atoms with Crippen LogP contribution in [0.4, 0.5) is 5.00 Å². The molecular formula is C26H27NO6S. The molecule has 2 aromatic heterocycles. The van der Waals surface area contributed by atoms with Crippen LogP contribution in [0.2, 0.25) is 0 Å². The lowest BCUT2D eigenvalue weighted by atomic mass is 9.88. The number of esters is 1. The number of anilines is 1. The number of carbonyl (C=O) groups excluding carboxylic acids is 2. The largest absolute Gasteiger partial charge is 0.483 e. The van der Waals surface area contributed by atoms with Crippen LogP contribution in [0, 0.1) is 12.8 Å². The first-order chi connectivity index (χ1) is 16.4. The number of carbonyl (C=O) groups is 2. The first-order valence-electron chi connectivity index (χ1n) is 11.6. The average molecular weight is 482 g/mol. The number of nitrogens with one attached hydrogen (secondary N) is 1. The van der Waals surface area contributed by atoms with Gasteiger partial charge in [0.1, 0.15) is 16.3 Å². The van der Waals surface area contributed by atoms with Crippen LogP contribution in [0.5, 0.6) is 5.75 Å². The van der Waals surface area contributed by atoms with Crippen LogP contribution < -0.4 is 15.7 Å². The van der Waals surface area contributed by atoms with Gasteiger partial charge in [-0.25, -0.2) is 9.59 Å². The minimum absolute atomic E-state index is 0.235. The smallest absolute Gasteiger partial charge is 0.341 e. The first kappa shape index (κ1) is 22.7. The van der Waals surface area contributed by atoms with Gasteiger partial charge in [0.25, 0.3) is 5.91 Å². The molecule has 1 unspecified atom stereocenters. The lowest BCUT2D eigenvalue weighted by Gasteiger charge is -2.18. The van der Waals surface area contributed by atoms with E-state index in [0.717, 1.165) is 65.5 Å².